The number of aromatic nitrogens is 1. The highest BCUT2D eigenvalue weighted by Crippen LogP contribution is 2.27. The highest BCUT2D eigenvalue weighted by molar-refractivity contribution is 7.73. The highest BCUT2D eigenvalue weighted by Gasteiger charge is 2.10. The number of hydrogen-bond donors (Lipinski definition) is 2. The zero-order valence-electron chi connectivity index (χ0n) is 16.1. The number of carbonyl (C=O) groups is 1. The summed E-state index contributed by atoms with van der Waals surface area (Å²) in [5.74, 6) is -0.672. The molecule has 0 radical (unpaired) electrons. The van der Waals surface area contributed by atoms with Gasteiger partial charge in [-0.2, -0.15) is 0 Å². The first-order valence-corrected chi connectivity index (χ1v) is 10.8. The molecule has 3 heterocycles. The molecule has 0 bridgehead atoms. The lowest BCUT2D eigenvalue weighted by Crippen LogP contribution is -1.99. The Kier molecular flexibility index (Phi) is 5.96. The smallest absolute Gasteiger partial charge is 0.303 e. The molecule has 2 aromatic heterocycles. The SMILES string of the molecule is O=C(O)CCCCCn1c(O)c(C=c2ccc(=c3ccc4c(c3)N=CC=4)o2)sc1=S. The quantitative estimate of drug-likeness (QED) is 0.431. The van der Waals surface area contributed by atoms with Gasteiger partial charge in [0, 0.05) is 35.7 Å². The highest BCUT2D eigenvalue weighted by atomic mass is 32.1. The van der Waals surface area contributed by atoms with Crippen LogP contribution in [0.5, 0.6) is 5.88 Å². The molecule has 0 amide bonds. The van der Waals surface area contributed by atoms with Crippen molar-refractivity contribution in [3.05, 3.63) is 60.4 Å². The van der Waals surface area contributed by atoms with E-state index >= 15 is 0 Å². The molecule has 154 valence electrons. The Labute approximate surface area is 181 Å². The third kappa shape index (κ3) is 4.44. The van der Waals surface area contributed by atoms with Crippen molar-refractivity contribution in [2.24, 2.45) is 4.99 Å². The Morgan fingerprint density at radius 3 is 2.93 bits per heavy atom. The third-order valence-electron chi connectivity index (χ3n) is 4.85. The van der Waals surface area contributed by atoms with Gasteiger partial charge in [0.25, 0.3) is 0 Å². The molecule has 2 N–H and O–H groups in total. The average molecular weight is 441 g/mol. The third-order valence-corrected chi connectivity index (χ3v) is 6.23. The number of furan rings is 1. The minimum atomic E-state index is -0.786. The largest absolute Gasteiger partial charge is 0.493 e. The first kappa shape index (κ1) is 20.3. The molecule has 0 saturated heterocycles. The molecule has 0 atom stereocenters. The maximum atomic E-state index is 10.6. The lowest BCUT2D eigenvalue weighted by Gasteiger charge is -2.04. The summed E-state index contributed by atoms with van der Waals surface area (Å²) >= 11 is 6.70. The Balaban J connectivity index is 1.57. The molecular weight excluding hydrogens is 420 g/mol. The summed E-state index contributed by atoms with van der Waals surface area (Å²) in [5.41, 5.74) is 2.28. The van der Waals surface area contributed by atoms with Crippen LogP contribution in [0.15, 0.2) is 39.7 Å². The number of hydrogen-bond acceptors (Lipinski definition) is 6. The van der Waals surface area contributed by atoms with Crippen LogP contribution >= 0.6 is 23.6 Å². The molecule has 1 aromatic carbocycles. The Bertz CT molecular complexity index is 1400. The van der Waals surface area contributed by atoms with Gasteiger partial charge < -0.3 is 14.6 Å². The fraction of sp³-hybridized carbons (Fsp3) is 0.227. The number of benzene rings is 1. The second-order valence-electron chi connectivity index (χ2n) is 6.98. The van der Waals surface area contributed by atoms with Crippen LogP contribution in [-0.4, -0.2) is 27.0 Å². The molecule has 8 heteroatoms. The van der Waals surface area contributed by atoms with E-state index in [0.29, 0.717) is 27.2 Å². The van der Waals surface area contributed by atoms with E-state index in [1.807, 2.05) is 36.4 Å². The maximum absolute atomic E-state index is 10.6. The Morgan fingerprint density at radius 2 is 2.10 bits per heavy atom. The maximum Gasteiger partial charge on any atom is 0.303 e. The van der Waals surface area contributed by atoms with Gasteiger partial charge in [-0.05, 0) is 49.3 Å². The summed E-state index contributed by atoms with van der Waals surface area (Å²) in [7, 11) is 0. The summed E-state index contributed by atoms with van der Waals surface area (Å²) in [5, 5.41) is 21.3. The number of carboxylic acid groups (broad SMARTS) is 1. The van der Waals surface area contributed by atoms with E-state index in [1.54, 1.807) is 16.9 Å². The van der Waals surface area contributed by atoms with Crippen molar-refractivity contribution in [3.8, 4) is 5.88 Å². The van der Waals surface area contributed by atoms with Crippen molar-refractivity contribution in [2.45, 2.75) is 32.2 Å². The molecule has 0 aliphatic carbocycles. The van der Waals surface area contributed by atoms with Crippen LogP contribution in [0.4, 0.5) is 5.69 Å². The molecule has 1 aliphatic heterocycles. The predicted molar refractivity (Wildman–Crippen MR) is 119 cm³/mol. The van der Waals surface area contributed by atoms with E-state index in [4.69, 9.17) is 21.7 Å². The monoisotopic (exact) mass is 440 g/mol. The summed E-state index contributed by atoms with van der Waals surface area (Å²) < 4.78 is 8.22. The van der Waals surface area contributed by atoms with Gasteiger partial charge in [0.1, 0.15) is 10.8 Å². The molecule has 4 rings (SSSR count). The van der Waals surface area contributed by atoms with Crippen molar-refractivity contribution < 1.29 is 19.4 Å². The van der Waals surface area contributed by atoms with Crippen molar-refractivity contribution in [2.75, 3.05) is 0 Å². The lowest BCUT2D eigenvalue weighted by atomic mass is 10.2. The van der Waals surface area contributed by atoms with Crippen molar-refractivity contribution in [1.29, 1.82) is 0 Å². The second kappa shape index (κ2) is 8.81. The number of carboxylic acids is 1. The van der Waals surface area contributed by atoms with Gasteiger partial charge in [-0.25, -0.2) is 0 Å². The molecule has 3 aromatic rings. The standard InChI is InChI=1S/C22H20N2O4S2/c25-20(26)4-2-1-3-11-24-21(27)19(30-22(24)29)13-16-7-8-18(28-16)15-6-5-14-9-10-23-17(14)12-15/h5-10,12-13,27H,1-4,11H2,(H,25,26). The van der Waals surface area contributed by atoms with E-state index in [-0.39, 0.29) is 12.3 Å². The zero-order chi connectivity index (χ0) is 21.1. The first-order valence-electron chi connectivity index (χ1n) is 9.62. The minimum absolute atomic E-state index is 0.114. The van der Waals surface area contributed by atoms with Crippen LogP contribution in [-0.2, 0) is 11.3 Å². The number of nitrogens with zero attached hydrogens (tertiary/aromatic N) is 2. The number of thiazole rings is 1. The number of aromatic hydroxyl groups is 1. The molecule has 1 aliphatic rings. The Hall–Kier alpha value is -2.97. The van der Waals surface area contributed by atoms with Crippen molar-refractivity contribution >= 4 is 53.6 Å². The molecule has 0 saturated carbocycles. The lowest BCUT2D eigenvalue weighted by molar-refractivity contribution is -0.137. The molecule has 0 fully saturated rings. The fourth-order valence-electron chi connectivity index (χ4n) is 3.29. The molecule has 0 spiro atoms. The number of rotatable bonds is 7. The van der Waals surface area contributed by atoms with Gasteiger partial charge in [-0.15, -0.1) is 11.3 Å². The molecular formula is C22H20N2O4S2. The van der Waals surface area contributed by atoms with Crippen molar-refractivity contribution in [3.63, 3.8) is 0 Å². The van der Waals surface area contributed by atoms with Gasteiger partial charge in [-0.3, -0.25) is 14.4 Å². The van der Waals surface area contributed by atoms with Gasteiger partial charge in [0.2, 0.25) is 5.88 Å². The second-order valence-corrected chi connectivity index (χ2v) is 8.65. The fourth-order valence-corrected chi connectivity index (χ4v) is 4.59. The number of aliphatic imine (C=N–C) groups is 1. The van der Waals surface area contributed by atoms with Gasteiger partial charge in [-0.1, -0.05) is 18.6 Å². The summed E-state index contributed by atoms with van der Waals surface area (Å²) in [4.78, 5) is 15.5. The van der Waals surface area contributed by atoms with Crippen LogP contribution in [0, 0.1) is 14.6 Å². The van der Waals surface area contributed by atoms with E-state index in [2.05, 4.69) is 4.99 Å². The van der Waals surface area contributed by atoms with E-state index in [1.165, 1.54) is 11.3 Å². The molecule has 6 nitrogen and oxygen atoms in total. The van der Waals surface area contributed by atoms with Crippen LogP contribution in [0.1, 0.15) is 30.6 Å². The van der Waals surface area contributed by atoms with Gasteiger partial charge in [0.05, 0.1) is 10.6 Å². The van der Waals surface area contributed by atoms with Gasteiger partial charge in [0.15, 0.2) is 3.95 Å². The normalized spacial score (nSPS) is 14.1. The first-order chi connectivity index (χ1) is 14.5. The van der Waals surface area contributed by atoms with Crippen LogP contribution in [0.3, 0.4) is 0 Å². The van der Waals surface area contributed by atoms with E-state index in [9.17, 15) is 9.90 Å². The summed E-state index contributed by atoms with van der Waals surface area (Å²) in [6.45, 7) is 0.560. The van der Waals surface area contributed by atoms with Gasteiger partial charge >= 0.3 is 5.97 Å². The predicted octanol–water partition coefficient (Wildman–Crippen LogP) is 3.83. The zero-order valence-corrected chi connectivity index (χ0v) is 17.7. The van der Waals surface area contributed by atoms with E-state index < -0.39 is 5.97 Å². The van der Waals surface area contributed by atoms with Crippen LogP contribution in [0.25, 0.3) is 12.2 Å². The Morgan fingerprint density at radius 1 is 1.23 bits per heavy atom. The minimum Gasteiger partial charge on any atom is -0.493 e. The van der Waals surface area contributed by atoms with Crippen LogP contribution in [0.2, 0.25) is 0 Å². The number of aliphatic carboxylic acids is 1. The molecule has 0 unspecified atom stereocenters. The number of unbranched alkanes of at least 4 members (excludes halogenated alkanes) is 2. The van der Waals surface area contributed by atoms with Crippen LogP contribution < -0.4 is 10.6 Å². The van der Waals surface area contributed by atoms with E-state index in [0.717, 1.165) is 34.4 Å². The topological polar surface area (TPSA) is 88.0 Å². The number of fused-ring (bicyclic) bond motifs is 1. The van der Waals surface area contributed by atoms with Crippen molar-refractivity contribution in [1.82, 2.24) is 4.57 Å². The average Bonchev–Trinajstić information content (AvgIpc) is 3.43. The molecule has 30 heavy (non-hydrogen) atoms. The summed E-state index contributed by atoms with van der Waals surface area (Å²) in [6, 6.07) is 9.74. The summed E-state index contributed by atoms with van der Waals surface area (Å²) in [6.07, 6.45) is 7.83.